The number of thiophene rings is 1. The van der Waals surface area contributed by atoms with Crippen molar-refractivity contribution < 1.29 is 22.7 Å². The van der Waals surface area contributed by atoms with Crippen LogP contribution in [0.2, 0.25) is 5.02 Å². The van der Waals surface area contributed by atoms with Crippen LogP contribution in [0.25, 0.3) is 16.0 Å². The van der Waals surface area contributed by atoms with Crippen LogP contribution in [0.15, 0.2) is 48.8 Å². The van der Waals surface area contributed by atoms with E-state index in [1.54, 1.807) is 35.2 Å². The lowest BCUT2D eigenvalue weighted by Crippen LogP contribution is -2.34. The van der Waals surface area contributed by atoms with Gasteiger partial charge >= 0.3 is 0 Å². The lowest BCUT2D eigenvalue weighted by Gasteiger charge is -2.25. The van der Waals surface area contributed by atoms with Crippen LogP contribution in [0.5, 0.6) is 11.5 Å². The topological polar surface area (TPSA) is 126 Å². The standard InChI is InChI=1S/C27H29ClN4O5S2/c1-16(19-4-3-5-22(25(19)28)37-18-8-10-30-11-9-18)36-23-13-24(38-26(23)27(29)33)32-15-31-20-7-6-17(12-21(20)32)14-39(2,34)35/h3-7,12-13,15-16,18,30H,8-11,14H2,1-2H3,(H2,29,33). The summed E-state index contributed by atoms with van der Waals surface area (Å²) in [4.78, 5) is 17.0. The lowest BCUT2D eigenvalue weighted by molar-refractivity contribution is 0.0998. The Balaban J connectivity index is 1.43. The smallest absolute Gasteiger partial charge is 0.262 e. The van der Waals surface area contributed by atoms with Crippen molar-refractivity contribution >= 4 is 49.7 Å². The van der Waals surface area contributed by atoms with Crippen molar-refractivity contribution in [2.75, 3.05) is 19.3 Å². The molecular weight excluding hydrogens is 560 g/mol. The number of ether oxygens (including phenoxy) is 2. The average molecular weight is 589 g/mol. The number of imidazole rings is 1. The quantitative estimate of drug-likeness (QED) is 0.291. The zero-order valence-electron chi connectivity index (χ0n) is 21.5. The van der Waals surface area contributed by atoms with Gasteiger partial charge in [0, 0.05) is 17.9 Å². The second-order valence-corrected chi connectivity index (χ2v) is 13.2. The van der Waals surface area contributed by atoms with Crippen molar-refractivity contribution in [1.29, 1.82) is 0 Å². The predicted octanol–water partition coefficient (Wildman–Crippen LogP) is 4.65. The fourth-order valence-corrected chi connectivity index (χ4v) is 6.68. The number of amides is 1. The number of aromatic nitrogens is 2. The van der Waals surface area contributed by atoms with E-state index in [1.807, 2.05) is 25.1 Å². The van der Waals surface area contributed by atoms with Crippen LogP contribution >= 0.6 is 22.9 Å². The molecule has 1 aliphatic rings. The number of nitrogens with two attached hydrogens (primary N) is 1. The zero-order chi connectivity index (χ0) is 27.7. The van der Waals surface area contributed by atoms with Crippen molar-refractivity contribution in [3.8, 4) is 16.5 Å². The van der Waals surface area contributed by atoms with Gasteiger partial charge in [0.05, 0.1) is 21.8 Å². The number of sulfone groups is 1. The Morgan fingerprint density at radius 2 is 2.00 bits per heavy atom. The first-order chi connectivity index (χ1) is 18.6. The van der Waals surface area contributed by atoms with Crippen LogP contribution in [0, 0.1) is 0 Å². The van der Waals surface area contributed by atoms with Crippen molar-refractivity contribution in [2.24, 2.45) is 5.73 Å². The molecule has 9 nitrogen and oxygen atoms in total. The summed E-state index contributed by atoms with van der Waals surface area (Å²) < 4.78 is 37.8. The molecule has 3 heterocycles. The van der Waals surface area contributed by atoms with Crippen molar-refractivity contribution in [3.63, 3.8) is 0 Å². The molecule has 4 aromatic rings. The summed E-state index contributed by atoms with van der Waals surface area (Å²) >= 11 is 7.91. The van der Waals surface area contributed by atoms with Crippen LogP contribution in [0.4, 0.5) is 0 Å². The molecule has 1 atom stereocenters. The number of nitrogens with zero attached hydrogens (tertiary/aromatic N) is 2. The van der Waals surface area contributed by atoms with E-state index >= 15 is 0 Å². The normalized spacial score (nSPS) is 15.4. The molecule has 1 saturated heterocycles. The number of halogens is 1. The summed E-state index contributed by atoms with van der Waals surface area (Å²) in [5, 5.41) is 4.44. The highest BCUT2D eigenvalue weighted by Crippen LogP contribution is 2.39. The van der Waals surface area contributed by atoms with E-state index in [0.29, 0.717) is 38.1 Å². The first kappa shape index (κ1) is 27.4. The van der Waals surface area contributed by atoms with Gasteiger partial charge in [-0.2, -0.15) is 0 Å². The van der Waals surface area contributed by atoms with Gasteiger partial charge < -0.3 is 20.5 Å². The monoisotopic (exact) mass is 588 g/mol. The van der Waals surface area contributed by atoms with Gasteiger partial charge in [-0.3, -0.25) is 9.36 Å². The van der Waals surface area contributed by atoms with Gasteiger partial charge in [-0.05, 0) is 56.6 Å². The minimum atomic E-state index is -3.21. The van der Waals surface area contributed by atoms with Crippen molar-refractivity contribution in [2.45, 2.75) is 37.7 Å². The van der Waals surface area contributed by atoms with Gasteiger partial charge in [-0.25, -0.2) is 13.4 Å². The molecule has 39 heavy (non-hydrogen) atoms. The fraction of sp³-hybridized carbons (Fsp3) is 0.333. The maximum Gasteiger partial charge on any atom is 0.262 e. The molecule has 12 heteroatoms. The number of hydrogen-bond donors (Lipinski definition) is 2. The number of piperidine rings is 1. The Bertz CT molecular complexity index is 1630. The number of benzene rings is 2. The summed E-state index contributed by atoms with van der Waals surface area (Å²) in [7, 11) is -3.21. The number of rotatable bonds is 9. The van der Waals surface area contributed by atoms with Crippen LogP contribution in [0.3, 0.4) is 0 Å². The predicted molar refractivity (Wildman–Crippen MR) is 153 cm³/mol. The van der Waals surface area contributed by atoms with E-state index < -0.39 is 21.8 Å². The highest BCUT2D eigenvalue weighted by Gasteiger charge is 2.23. The third-order valence-corrected chi connectivity index (χ3v) is 8.89. The number of carbonyl (C=O) groups is 1. The molecule has 2 aromatic carbocycles. The molecule has 3 N–H and O–H groups in total. The van der Waals surface area contributed by atoms with E-state index in [2.05, 4.69) is 10.3 Å². The molecule has 1 fully saturated rings. The van der Waals surface area contributed by atoms with E-state index in [-0.39, 0.29) is 16.7 Å². The third-order valence-electron chi connectivity index (χ3n) is 6.50. The van der Waals surface area contributed by atoms with Gasteiger partial charge in [0.15, 0.2) is 9.84 Å². The van der Waals surface area contributed by atoms with Crippen molar-refractivity contribution in [3.05, 3.63) is 69.8 Å². The van der Waals surface area contributed by atoms with E-state index in [1.165, 1.54) is 17.6 Å². The van der Waals surface area contributed by atoms with Gasteiger partial charge in [0.1, 0.15) is 39.9 Å². The van der Waals surface area contributed by atoms with Gasteiger partial charge in [0.2, 0.25) is 0 Å². The summed E-state index contributed by atoms with van der Waals surface area (Å²) in [6.07, 6.45) is 4.22. The molecule has 0 spiro atoms. The first-order valence-corrected chi connectivity index (χ1v) is 15.7. The molecule has 1 unspecified atom stereocenters. The van der Waals surface area contributed by atoms with Crippen LogP contribution in [0.1, 0.15) is 46.7 Å². The molecule has 2 aromatic heterocycles. The molecule has 0 bridgehead atoms. The minimum absolute atomic E-state index is 0.0852. The number of nitrogens with one attached hydrogen (secondary N) is 1. The SMILES string of the molecule is CC(Oc1cc(-n2cnc3ccc(CS(C)(=O)=O)cc32)sc1C(N)=O)c1cccc(OC2CCNCC2)c1Cl. The maximum absolute atomic E-state index is 12.3. The van der Waals surface area contributed by atoms with Crippen molar-refractivity contribution in [1.82, 2.24) is 14.9 Å². The molecule has 0 aliphatic carbocycles. The second kappa shape index (κ2) is 11.2. The summed E-state index contributed by atoms with van der Waals surface area (Å²) in [5.41, 5.74) is 8.48. The lowest BCUT2D eigenvalue weighted by atomic mass is 10.1. The number of carbonyl (C=O) groups excluding carboxylic acids is 1. The summed E-state index contributed by atoms with van der Waals surface area (Å²) in [5.74, 6) is 0.222. The molecule has 1 amide bonds. The Morgan fingerprint density at radius 3 is 2.72 bits per heavy atom. The van der Waals surface area contributed by atoms with Crippen LogP contribution in [-0.2, 0) is 15.6 Å². The Labute approximate surface area is 235 Å². The Morgan fingerprint density at radius 1 is 1.23 bits per heavy atom. The molecule has 1 aliphatic heterocycles. The molecule has 206 valence electrons. The number of primary amides is 1. The summed E-state index contributed by atoms with van der Waals surface area (Å²) in [6, 6.07) is 12.6. The summed E-state index contributed by atoms with van der Waals surface area (Å²) in [6.45, 7) is 3.66. The van der Waals surface area contributed by atoms with Gasteiger partial charge in [0.25, 0.3) is 5.91 Å². The van der Waals surface area contributed by atoms with E-state index in [9.17, 15) is 13.2 Å². The first-order valence-electron chi connectivity index (χ1n) is 12.5. The Kier molecular flexibility index (Phi) is 7.86. The van der Waals surface area contributed by atoms with E-state index in [0.717, 1.165) is 31.5 Å². The van der Waals surface area contributed by atoms with Crippen LogP contribution < -0.4 is 20.5 Å². The third kappa shape index (κ3) is 6.22. The highest BCUT2D eigenvalue weighted by molar-refractivity contribution is 7.89. The number of fused-ring (bicyclic) bond motifs is 1. The highest BCUT2D eigenvalue weighted by atomic mass is 35.5. The second-order valence-electron chi connectivity index (χ2n) is 9.64. The molecular formula is C27H29ClN4O5S2. The fourth-order valence-electron chi connectivity index (χ4n) is 4.64. The van der Waals surface area contributed by atoms with Crippen LogP contribution in [-0.4, -0.2) is 49.3 Å². The molecule has 0 radical (unpaired) electrons. The maximum atomic E-state index is 12.3. The minimum Gasteiger partial charge on any atom is -0.489 e. The van der Waals surface area contributed by atoms with E-state index in [4.69, 9.17) is 26.8 Å². The Hall–Kier alpha value is -3.12. The molecule has 0 saturated carbocycles. The number of hydrogen-bond acceptors (Lipinski definition) is 8. The average Bonchev–Trinajstić information content (AvgIpc) is 3.49. The molecule has 5 rings (SSSR count). The zero-order valence-corrected chi connectivity index (χ0v) is 23.9. The largest absolute Gasteiger partial charge is 0.489 e. The van der Waals surface area contributed by atoms with Gasteiger partial charge in [-0.15, -0.1) is 11.3 Å². The van der Waals surface area contributed by atoms with Gasteiger partial charge in [-0.1, -0.05) is 29.8 Å².